The Labute approximate surface area is 193 Å². The van der Waals surface area contributed by atoms with Gasteiger partial charge in [0.1, 0.15) is 0 Å². The second-order valence-corrected chi connectivity index (χ2v) is 9.02. The third-order valence-electron chi connectivity index (χ3n) is 3.47. The molecule has 1 aliphatic heterocycles. The number of halogens is 3. The highest BCUT2D eigenvalue weighted by Gasteiger charge is 2.24. The number of carbonyl (C=O) groups is 3. The second kappa shape index (κ2) is 9.80. The summed E-state index contributed by atoms with van der Waals surface area (Å²) in [5.41, 5.74) is 0.360. The van der Waals surface area contributed by atoms with Gasteiger partial charge in [-0.3, -0.25) is 14.4 Å². The first-order valence-electron chi connectivity index (χ1n) is 8.13. The number of rotatable bonds is 6. The zero-order chi connectivity index (χ0) is 21.8. The van der Waals surface area contributed by atoms with Gasteiger partial charge < -0.3 is 15.7 Å². The summed E-state index contributed by atoms with van der Waals surface area (Å²) in [4.78, 5) is 43.7. The summed E-state index contributed by atoms with van der Waals surface area (Å²) >= 11 is 20.2. The fourth-order valence-corrected chi connectivity index (χ4v) is 4.39. The van der Waals surface area contributed by atoms with Crippen LogP contribution in [-0.4, -0.2) is 33.0 Å². The lowest BCUT2D eigenvalue weighted by Crippen LogP contribution is -2.19. The maximum absolute atomic E-state index is 12.2. The van der Waals surface area contributed by atoms with Gasteiger partial charge in [-0.25, -0.2) is 9.98 Å². The van der Waals surface area contributed by atoms with Crippen molar-refractivity contribution in [3.8, 4) is 0 Å². The van der Waals surface area contributed by atoms with Gasteiger partial charge in [0.25, 0.3) is 5.91 Å². The van der Waals surface area contributed by atoms with Crippen molar-refractivity contribution in [3.05, 3.63) is 43.2 Å². The highest BCUT2D eigenvalue weighted by atomic mass is 35.5. The predicted octanol–water partition coefficient (Wildman–Crippen LogP) is 4.80. The number of aliphatic carboxylic acids is 1. The van der Waals surface area contributed by atoms with Gasteiger partial charge in [0, 0.05) is 12.6 Å². The van der Waals surface area contributed by atoms with Crippen LogP contribution in [0.1, 0.15) is 17.7 Å². The minimum Gasteiger partial charge on any atom is -0.481 e. The van der Waals surface area contributed by atoms with Crippen molar-refractivity contribution in [2.24, 2.45) is 4.99 Å². The molecule has 156 valence electrons. The molecular weight excluding hydrogens is 495 g/mol. The SMILES string of the molecule is O=C(O)CCC(=O)Nc1ncc(C=C2SC(=Nc3cc(Cl)c(Cl)cc3Cl)NC2=O)s1. The Kier molecular flexibility index (Phi) is 7.37. The predicted molar refractivity (Wildman–Crippen MR) is 120 cm³/mol. The van der Waals surface area contributed by atoms with Gasteiger partial charge in [0.2, 0.25) is 5.91 Å². The molecular formula is C17H11Cl3N4O4S2. The summed E-state index contributed by atoms with van der Waals surface area (Å²) in [5, 5.41) is 15.2. The van der Waals surface area contributed by atoms with E-state index in [0.29, 0.717) is 30.8 Å². The lowest BCUT2D eigenvalue weighted by Gasteiger charge is -2.02. The van der Waals surface area contributed by atoms with Gasteiger partial charge in [0.05, 0.1) is 37.0 Å². The standard InChI is InChI=1S/C17H11Cl3N4O4S2/c18-8-4-10(20)11(5-9(8)19)22-17-24-15(28)12(30-17)3-7-6-21-16(29-7)23-13(25)1-2-14(26)27/h3-6H,1-2H2,(H,26,27)(H,21,23,25)(H,22,24,28). The molecule has 0 saturated carbocycles. The quantitative estimate of drug-likeness (QED) is 0.383. The van der Waals surface area contributed by atoms with Crippen LogP contribution in [0.15, 0.2) is 28.2 Å². The average Bonchev–Trinajstić information content (AvgIpc) is 3.24. The topological polar surface area (TPSA) is 121 Å². The molecule has 1 aromatic carbocycles. The number of carbonyl (C=O) groups excluding carboxylic acids is 2. The Morgan fingerprint density at radius 3 is 2.67 bits per heavy atom. The summed E-state index contributed by atoms with van der Waals surface area (Å²) in [6.45, 7) is 0. The van der Waals surface area contributed by atoms with Gasteiger partial charge in [-0.05, 0) is 30.0 Å². The normalized spacial score (nSPS) is 16.2. The van der Waals surface area contributed by atoms with E-state index in [2.05, 4.69) is 20.6 Å². The number of carboxylic acids is 1. The van der Waals surface area contributed by atoms with Gasteiger partial charge in [0.15, 0.2) is 10.3 Å². The number of amidine groups is 1. The maximum Gasteiger partial charge on any atom is 0.303 e. The Bertz CT molecular complexity index is 1100. The van der Waals surface area contributed by atoms with E-state index in [4.69, 9.17) is 39.9 Å². The third-order valence-corrected chi connectivity index (χ3v) is 6.27. The zero-order valence-corrected chi connectivity index (χ0v) is 18.6. The van der Waals surface area contributed by atoms with Crippen LogP contribution in [-0.2, 0) is 14.4 Å². The van der Waals surface area contributed by atoms with Crippen LogP contribution in [0, 0.1) is 0 Å². The minimum atomic E-state index is -1.06. The number of aromatic nitrogens is 1. The molecule has 0 aliphatic carbocycles. The molecule has 1 saturated heterocycles. The van der Waals surface area contributed by atoms with Gasteiger partial charge in [-0.2, -0.15) is 0 Å². The van der Waals surface area contributed by atoms with E-state index in [0.717, 1.165) is 23.1 Å². The fourth-order valence-electron chi connectivity index (χ4n) is 2.13. The molecule has 0 atom stereocenters. The van der Waals surface area contributed by atoms with Crippen LogP contribution in [0.25, 0.3) is 6.08 Å². The van der Waals surface area contributed by atoms with Gasteiger partial charge >= 0.3 is 5.97 Å². The molecule has 30 heavy (non-hydrogen) atoms. The number of anilines is 1. The molecule has 1 aromatic heterocycles. The molecule has 0 radical (unpaired) electrons. The first kappa shape index (κ1) is 22.6. The lowest BCUT2D eigenvalue weighted by atomic mass is 10.3. The number of nitrogens with zero attached hydrogens (tertiary/aromatic N) is 2. The van der Waals surface area contributed by atoms with E-state index in [1.165, 1.54) is 18.3 Å². The summed E-state index contributed by atoms with van der Waals surface area (Å²) in [6.07, 6.45) is 2.67. The monoisotopic (exact) mass is 504 g/mol. The Balaban J connectivity index is 1.70. The van der Waals surface area contributed by atoms with E-state index < -0.39 is 11.9 Å². The van der Waals surface area contributed by atoms with E-state index >= 15 is 0 Å². The van der Waals surface area contributed by atoms with Crippen LogP contribution in [0.5, 0.6) is 0 Å². The summed E-state index contributed by atoms with van der Waals surface area (Å²) < 4.78 is 0. The number of thiazole rings is 1. The molecule has 13 heteroatoms. The zero-order valence-electron chi connectivity index (χ0n) is 14.7. The lowest BCUT2D eigenvalue weighted by molar-refractivity contribution is -0.138. The minimum absolute atomic E-state index is 0.152. The first-order chi connectivity index (χ1) is 14.2. The molecule has 1 aliphatic rings. The van der Waals surface area contributed by atoms with E-state index in [1.807, 2.05) is 0 Å². The van der Waals surface area contributed by atoms with Crippen molar-refractivity contribution in [2.75, 3.05) is 5.32 Å². The number of thioether (sulfide) groups is 1. The number of hydrogen-bond acceptors (Lipinski definition) is 7. The van der Waals surface area contributed by atoms with Crippen molar-refractivity contribution in [3.63, 3.8) is 0 Å². The van der Waals surface area contributed by atoms with Crippen LogP contribution < -0.4 is 10.6 Å². The summed E-state index contributed by atoms with van der Waals surface area (Å²) in [5.74, 6) is -1.86. The molecule has 3 rings (SSSR count). The van der Waals surface area contributed by atoms with Crippen molar-refractivity contribution < 1.29 is 19.5 Å². The molecule has 8 nitrogen and oxygen atoms in total. The second-order valence-electron chi connectivity index (χ2n) is 5.71. The number of aliphatic imine (C=N–C) groups is 1. The van der Waals surface area contributed by atoms with Gasteiger partial charge in [-0.15, -0.1) is 0 Å². The van der Waals surface area contributed by atoms with Crippen molar-refractivity contribution in [2.45, 2.75) is 12.8 Å². The smallest absolute Gasteiger partial charge is 0.303 e. The number of benzene rings is 1. The van der Waals surface area contributed by atoms with Crippen molar-refractivity contribution >= 4 is 97.7 Å². The van der Waals surface area contributed by atoms with Crippen LogP contribution in [0.3, 0.4) is 0 Å². The molecule has 2 amide bonds. The number of hydrogen-bond donors (Lipinski definition) is 3. The third kappa shape index (κ3) is 5.96. The number of nitrogens with one attached hydrogen (secondary N) is 2. The Hall–Kier alpha value is -2.11. The highest BCUT2D eigenvalue weighted by Crippen LogP contribution is 2.36. The Morgan fingerprint density at radius 2 is 1.93 bits per heavy atom. The van der Waals surface area contributed by atoms with Crippen molar-refractivity contribution in [1.29, 1.82) is 0 Å². The molecule has 0 spiro atoms. The maximum atomic E-state index is 12.2. The molecule has 0 unspecified atom stereocenters. The molecule has 2 heterocycles. The van der Waals surface area contributed by atoms with Crippen LogP contribution in [0.4, 0.5) is 10.8 Å². The van der Waals surface area contributed by atoms with Crippen LogP contribution in [0.2, 0.25) is 15.1 Å². The van der Waals surface area contributed by atoms with Crippen molar-refractivity contribution in [1.82, 2.24) is 10.3 Å². The molecule has 1 fully saturated rings. The average molecular weight is 506 g/mol. The number of carboxylic acid groups (broad SMARTS) is 1. The van der Waals surface area contributed by atoms with E-state index in [9.17, 15) is 14.4 Å². The largest absolute Gasteiger partial charge is 0.481 e. The summed E-state index contributed by atoms with van der Waals surface area (Å²) in [6, 6.07) is 2.96. The first-order valence-corrected chi connectivity index (χ1v) is 10.9. The molecule has 0 bridgehead atoms. The summed E-state index contributed by atoms with van der Waals surface area (Å²) in [7, 11) is 0. The number of amides is 2. The Morgan fingerprint density at radius 1 is 1.20 bits per heavy atom. The van der Waals surface area contributed by atoms with Gasteiger partial charge in [-0.1, -0.05) is 46.1 Å². The van der Waals surface area contributed by atoms with Crippen LogP contribution >= 0.6 is 57.9 Å². The fraction of sp³-hybridized carbons (Fsp3) is 0.118. The van der Waals surface area contributed by atoms with E-state index in [-0.39, 0.29) is 28.8 Å². The molecule has 2 aromatic rings. The highest BCUT2D eigenvalue weighted by molar-refractivity contribution is 8.18. The van der Waals surface area contributed by atoms with E-state index in [1.54, 1.807) is 6.08 Å². The molecule has 3 N–H and O–H groups in total.